The van der Waals surface area contributed by atoms with Gasteiger partial charge in [-0.15, -0.1) is 5.48 Å². The molecule has 2 aliphatic rings. The lowest BCUT2D eigenvalue weighted by Gasteiger charge is -2.41. The average Bonchev–Trinajstić information content (AvgIpc) is 3.39. The predicted octanol–water partition coefficient (Wildman–Crippen LogP) is 4.95. The number of hydrogen-bond donors (Lipinski definition) is 1. The SMILES string of the molecule is CC1N=C(c2ccc(C(=O)N3CC[C@H]([C@H](C)Oc4ccc(C#N)cn4)[C@@H](c4ccc(Cl)cc4)C3)cc2)ON1. The molecule has 1 aromatic heterocycles. The predicted molar refractivity (Wildman–Crippen MR) is 144 cm³/mol. The maximum Gasteiger partial charge on any atom is 0.253 e. The Morgan fingerprint density at radius 1 is 1.18 bits per heavy atom. The minimum atomic E-state index is -0.157. The average molecular weight is 530 g/mol. The van der Waals surface area contributed by atoms with Crippen LogP contribution in [0.25, 0.3) is 0 Å². The van der Waals surface area contributed by atoms with Crippen LogP contribution in [0.2, 0.25) is 5.02 Å². The van der Waals surface area contributed by atoms with Crippen LogP contribution >= 0.6 is 11.6 Å². The van der Waals surface area contributed by atoms with E-state index in [4.69, 9.17) is 26.4 Å². The van der Waals surface area contributed by atoms with Crippen LogP contribution in [0.15, 0.2) is 71.9 Å². The summed E-state index contributed by atoms with van der Waals surface area (Å²) in [5.74, 6) is 1.17. The third-order valence-electron chi connectivity index (χ3n) is 7.04. The van der Waals surface area contributed by atoms with Crippen molar-refractivity contribution in [1.82, 2.24) is 15.4 Å². The molecule has 0 spiro atoms. The highest BCUT2D eigenvalue weighted by atomic mass is 35.5. The molecule has 8 nitrogen and oxygen atoms in total. The second-order valence-corrected chi connectivity index (χ2v) is 10.0. The van der Waals surface area contributed by atoms with Crippen molar-refractivity contribution in [3.8, 4) is 11.9 Å². The Kier molecular flexibility index (Phi) is 7.59. The van der Waals surface area contributed by atoms with Gasteiger partial charge in [-0.1, -0.05) is 23.7 Å². The number of nitriles is 1. The number of piperidine rings is 1. The molecule has 0 aliphatic carbocycles. The number of nitrogens with zero attached hydrogens (tertiary/aromatic N) is 4. The molecule has 3 heterocycles. The van der Waals surface area contributed by atoms with E-state index in [0.717, 1.165) is 17.5 Å². The van der Waals surface area contributed by atoms with Gasteiger partial charge >= 0.3 is 0 Å². The van der Waals surface area contributed by atoms with E-state index in [1.807, 2.05) is 67.3 Å². The van der Waals surface area contributed by atoms with Crippen molar-refractivity contribution >= 4 is 23.4 Å². The third-order valence-corrected chi connectivity index (χ3v) is 7.29. The fraction of sp³-hybridized carbons (Fsp3) is 0.310. The van der Waals surface area contributed by atoms with E-state index >= 15 is 0 Å². The smallest absolute Gasteiger partial charge is 0.253 e. The molecule has 0 bridgehead atoms. The van der Waals surface area contributed by atoms with Crippen molar-refractivity contribution in [2.75, 3.05) is 13.1 Å². The van der Waals surface area contributed by atoms with Crippen LogP contribution in [-0.4, -0.2) is 47.0 Å². The molecule has 1 fully saturated rings. The fourth-order valence-electron chi connectivity index (χ4n) is 5.01. The summed E-state index contributed by atoms with van der Waals surface area (Å²) in [6.07, 6.45) is 2.02. The van der Waals surface area contributed by atoms with Gasteiger partial charge in [-0.05, 0) is 68.3 Å². The van der Waals surface area contributed by atoms with Gasteiger partial charge in [0.25, 0.3) is 5.91 Å². The normalized spacial score (nSPS) is 21.7. The van der Waals surface area contributed by atoms with Crippen molar-refractivity contribution in [3.63, 3.8) is 0 Å². The molecule has 4 atom stereocenters. The van der Waals surface area contributed by atoms with Gasteiger partial charge in [0.15, 0.2) is 0 Å². The maximum atomic E-state index is 13.5. The Balaban J connectivity index is 1.33. The lowest BCUT2D eigenvalue weighted by Crippen LogP contribution is -2.46. The van der Waals surface area contributed by atoms with Crippen molar-refractivity contribution < 1.29 is 14.4 Å². The highest BCUT2D eigenvalue weighted by molar-refractivity contribution is 6.30. The van der Waals surface area contributed by atoms with E-state index in [0.29, 0.717) is 41.0 Å². The quantitative estimate of drug-likeness (QED) is 0.485. The van der Waals surface area contributed by atoms with E-state index in [9.17, 15) is 4.79 Å². The summed E-state index contributed by atoms with van der Waals surface area (Å²) >= 11 is 6.17. The number of aliphatic imine (C=N–C) groups is 1. The van der Waals surface area contributed by atoms with Crippen LogP contribution in [0.1, 0.15) is 53.2 Å². The van der Waals surface area contributed by atoms with Gasteiger partial charge in [0.1, 0.15) is 18.3 Å². The Morgan fingerprint density at radius 2 is 1.95 bits per heavy atom. The second kappa shape index (κ2) is 11.2. The molecule has 1 amide bonds. The number of hydrogen-bond acceptors (Lipinski definition) is 7. The molecule has 194 valence electrons. The molecule has 0 radical (unpaired) electrons. The van der Waals surface area contributed by atoms with Crippen LogP contribution in [0.3, 0.4) is 0 Å². The first kappa shape index (κ1) is 25.7. The van der Waals surface area contributed by atoms with E-state index in [1.165, 1.54) is 6.20 Å². The number of benzene rings is 2. The zero-order chi connectivity index (χ0) is 26.6. The molecule has 2 aliphatic heterocycles. The number of aromatic nitrogens is 1. The molecule has 1 unspecified atom stereocenters. The molecule has 1 saturated heterocycles. The second-order valence-electron chi connectivity index (χ2n) is 9.59. The molecule has 9 heteroatoms. The number of ether oxygens (including phenoxy) is 1. The minimum absolute atomic E-state index is 0.0166. The zero-order valence-corrected chi connectivity index (χ0v) is 21.9. The first-order valence-electron chi connectivity index (χ1n) is 12.6. The van der Waals surface area contributed by atoms with E-state index in [1.54, 1.807) is 12.1 Å². The minimum Gasteiger partial charge on any atom is -0.474 e. The van der Waals surface area contributed by atoms with Gasteiger partial charge in [0.2, 0.25) is 11.8 Å². The van der Waals surface area contributed by atoms with E-state index in [-0.39, 0.29) is 30.0 Å². The summed E-state index contributed by atoms with van der Waals surface area (Å²) in [5, 5.41) is 9.70. The summed E-state index contributed by atoms with van der Waals surface area (Å²) < 4.78 is 6.20. The van der Waals surface area contributed by atoms with Crippen LogP contribution in [0.5, 0.6) is 5.88 Å². The Morgan fingerprint density at radius 3 is 2.58 bits per heavy atom. The van der Waals surface area contributed by atoms with Gasteiger partial charge in [0.05, 0.1) is 5.56 Å². The third kappa shape index (κ3) is 5.64. The van der Waals surface area contributed by atoms with Crippen LogP contribution in [0, 0.1) is 17.2 Å². The first-order valence-corrected chi connectivity index (χ1v) is 13.0. The van der Waals surface area contributed by atoms with Crippen LogP contribution in [0.4, 0.5) is 0 Å². The molecular formula is C29H28ClN5O3. The largest absolute Gasteiger partial charge is 0.474 e. The van der Waals surface area contributed by atoms with Gasteiger partial charge in [-0.2, -0.15) is 5.26 Å². The Hall–Kier alpha value is -3.93. The maximum absolute atomic E-state index is 13.5. The number of nitrogens with one attached hydrogen (secondary N) is 1. The number of likely N-dealkylation sites (tertiary alicyclic amines) is 1. The van der Waals surface area contributed by atoms with Crippen molar-refractivity contribution in [3.05, 3.63) is 94.1 Å². The molecule has 38 heavy (non-hydrogen) atoms. The Bertz CT molecular complexity index is 1350. The molecule has 1 N–H and O–H groups in total. The van der Waals surface area contributed by atoms with Gasteiger partial charge in [0, 0.05) is 53.3 Å². The molecule has 3 aromatic rings. The standard InChI is InChI=1S/C29H28ClN5O3/c1-18(37-27-12-3-20(15-31)16-32-27)25-13-14-35(17-26(25)21-8-10-24(30)11-9-21)29(36)23-6-4-22(5-7-23)28-33-19(2)34-38-28/h3-12,16,18-19,25-26,34H,13-14,17H2,1-2H3/t18-,19?,25+,26+/m0/s1. The summed E-state index contributed by atoms with van der Waals surface area (Å²) in [6, 6.07) is 20.6. The summed E-state index contributed by atoms with van der Waals surface area (Å²) in [6.45, 7) is 5.10. The number of amides is 1. The topological polar surface area (TPSA) is 99.8 Å². The van der Waals surface area contributed by atoms with E-state index < -0.39 is 0 Å². The molecular weight excluding hydrogens is 502 g/mol. The number of hydroxylamine groups is 1. The summed E-state index contributed by atoms with van der Waals surface area (Å²) in [5.41, 5.74) is 5.83. The van der Waals surface area contributed by atoms with Gasteiger partial charge < -0.3 is 14.5 Å². The number of halogens is 1. The first-order chi connectivity index (χ1) is 18.4. The monoisotopic (exact) mass is 529 g/mol. The molecule has 2 aromatic carbocycles. The lowest BCUT2D eigenvalue weighted by molar-refractivity contribution is 0.0484. The number of pyridine rings is 1. The zero-order valence-electron chi connectivity index (χ0n) is 21.2. The lowest BCUT2D eigenvalue weighted by atomic mass is 9.77. The Labute approximate surface area is 226 Å². The number of carbonyl (C=O) groups is 1. The fourth-order valence-corrected chi connectivity index (χ4v) is 5.14. The van der Waals surface area contributed by atoms with Crippen molar-refractivity contribution in [1.29, 1.82) is 5.26 Å². The molecule has 5 rings (SSSR count). The summed E-state index contributed by atoms with van der Waals surface area (Å²) in [7, 11) is 0. The number of carbonyl (C=O) groups excluding carboxylic acids is 1. The highest BCUT2D eigenvalue weighted by Gasteiger charge is 2.37. The van der Waals surface area contributed by atoms with Crippen LogP contribution < -0.4 is 10.2 Å². The van der Waals surface area contributed by atoms with Crippen molar-refractivity contribution in [2.24, 2.45) is 10.9 Å². The van der Waals surface area contributed by atoms with E-state index in [2.05, 4.69) is 21.5 Å². The van der Waals surface area contributed by atoms with Crippen molar-refractivity contribution in [2.45, 2.75) is 38.5 Å². The summed E-state index contributed by atoms with van der Waals surface area (Å²) in [4.78, 5) is 29.5. The van der Waals surface area contributed by atoms with Crippen LogP contribution in [-0.2, 0) is 4.84 Å². The van der Waals surface area contributed by atoms with Gasteiger partial charge in [-0.25, -0.2) is 9.98 Å². The van der Waals surface area contributed by atoms with Gasteiger partial charge in [-0.3, -0.25) is 4.79 Å². The highest BCUT2D eigenvalue weighted by Crippen LogP contribution is 2.37. The molecule has 0 saturated carbocycles. The number of rotatable bonds is 6.